The lowest BCUT2D eigenvalue weighted by molar-refractivity contribution is 0.102. The Morgan fingerprint density at radius 1 is 1.10 bits per heavy atom. The second-order valence-electron chi connectivity index (χ2n) is 4.52. The average molecular weight is 340 g/mol. The van der Waals surface area contributed by atoms with E-state index in [2.05, 4.69) is 21.2 Å². The van der Waals surface area contributed by atoms with Gasteiger partial charge in [0.15, 0.2) is 11.6 Å². The highest BCUT2D eigenvalue weighted by Crippen LogP contribution is 2.28. The van der Waals surface area contributed by atoms with E-state index in [1.54, 1.807) is 0 Å². The summed E-state index contributed by atoms with van der Waals surface area (Å²) >= 11 is 3.38. The molecule has 1 amide bonds. The van der Waals surface area contributed by atoms with Gasteiger partial charge in [-0.1, -0.05) is 6.07 Å². The first-order chi connectivity index (χ1) is 9.38. The van der Waals surface area contributed by atoms with Gasteiger partial charge in [-0.05, 0) is 65.2 Å². The Balaban J connectivity index is 2.30. The normalized spacial score (nSPS) is 10.4. The quantitative estimate of drug-likeness (QED) is 0.851. The number of carbonyl (C=O) groups excluding carboxylic acids is 1. The molecule has 0 fully saturated rings. The first-order valence-corrected chi connectivity index (χ1v) is 6.71. The monoisotopic (exact) mass is 339 g/mol. The number of nitrogens with one attached hydrogen (secondary N) is 1. The number of benzene rings is 2. The van der Waals surface area contributed by atoms with Crippen LogP contribution in [0.3, 0.4) is 0 Å². The summed E-state index contributed by atoms with van der Waals surface area (Å²) in [6.45, 7) is 3.80. The van der Waals surface area contributed by atoms with Crippen LogP contribution in [0.5, 0.6) is 0 Å². The zero-order valence-electron chi connectivity index (χ0n) is 10.9. The Morgan fingerprint density at radius 3 is 2.40 bits per heavy atom. The van der Waals surface area contributed by atoms with Crippen molar-refractivity contribution in [2.24, 2.45) is 0 Å². The molecule has 0 spiro atoms. The maximum atomic E-state index is 13.1. The molecule has 1 N–H and O–H groups in total. The summed E-state index contributed by atoms with van der Waals surface area (Å²) in [6.07, 6.45) is 0. The highest BCUT2D eigenvalue weighted by atomic mass is 79.9. The summed E-state index contributed by atoms with van der Waals surface area (Å²) in [5.74, 6) is -2.51. The molecule has 0 unspecified atom stereocenters. The van der Waals surface area contributed by atoms with E-state index >= 15 is 0 Å². The molecule has 0 aliphatic carbocycles. The number of aryl methyl sites for hydroxylation is 2. The van der Waals surface area contributed by atoms with E-state index in [0.717, 1.165) is 27.7 Å². The Hall–Kier alpha value is -1.75. The van der Waals surface area contributed by atoms with Gasteiger partial charge in [0, 0.05) is 10.0 Å². The smallest absolute Gasteiger partial charge is 0.255 e. The molecule has 104 valence electrons. The largest absolute Gasteiger partial charge is 0.321 e. The van der Waals surface area contributed by atoms with Gasteiger partial charge in [0.1, 0.15) is 0 Å². The number of rotatable bonds is 2. The summed E-state index contributed by atoms with van der Waals surface area (Å²) < 4.78 is 26.7. The van der Waals surface area contributed by atoms with Gasteiger partial charge in [0.05, 0.1) is 5.69 Å². The number of anilines is 1. The summed E-state index contributed by atoms with van der Waals surface area (Å²) in [4.78, 5) is 12.0. The zero-order chi connectivity index (χ0) is 14.9. The predicted octanol–water partition coefficient (Wildman–Crippen LogP) is 4.60. The number of hydrogen-bond acceptors (Lipinski definition) is 1. The molecule has 2 aromatic carbocycles. The van der Waals surface area contributed by atoms with E-state index in [1.807, 2.05) is 26.0 Å². The molecule has 5 heteroatoms. The highest BCUT2D eigenvalue weighted by Gasteiger charge is 2.13. The van der Waals surface area contributed by atoms with Gasteiger partial charge in [-0.2, -0.15) is 0 Å². The van der Waals surface area contributed by atoms with Gasteiger partial charge < -0.3 is 5.32 Å². The Labute approximate surface area is 123 Å². The molecular formula is C15H12BrF2NO. The first-order valence-electron chi connectivity index (χ1n) is 5.91. The molecule has 0 bridgehead atoms. The van der Waals surface area contributed by atoms with Crippen molar-refractivity contribution in [3.8, 4) is 0 Å². The number of amides is 1. The van der Waals surface area contributed by atoms with Crippen molar-refractivity contribution in [2.75, 3.05) is 5.32 Å². The molecule has 20 heavy (non-hydrogen) atoms. The van der Waals surface area contributed by atoms with Crippen LogP contribution in [0.4, 0.5) is 14.5 Å². The van der Waals surface area contributed by atoms with E-state index < -0.39 is 17.5 Å². The van der Waals surface area contributed by atoms with E-state index in [-0.39, 0.29) is 5.56 Å². The van der Waals surface area contributed by atoms with Crippen molar-refractivity contribution >= 4 is 27.5 Å². The fourth-order valence-corrected chi connectivity index (χ4v) is 2.67. The van der Waals surface area contributed by atoms with E-state index in [4.69, 9.17) is 0 Å². The van der Waals surface area contributed by atoms with Crippen LogP contribution in [0, 0.1) is 25.5 Å². The standard InChI is InChI=1S/C15H12BrF2NO/c1-8-5-9(2)14(11(16)6-8)19-15(20)10-3-4-12(17)13(18)7-10/h3-7H,1-2H3,(H,19,20). The van der Waals surface area contributed by atoms with Gasteiger partial charge in [-0.25, -0.2) is 8.78 Å². The van der Waals surface area contributed by atoms with Crippen LogP contribution >= 0.6 is 15.9 Å². The molecule has 2 nitrogen and oxygen atoms in total. The second kappa shape index (κ2) is 5.71. The molecular weight excluding hydrogens is 328 g/mol. The van der Waals surface area contributed by atoms with Crippen LogP contribution in [0.1, 0.15) is 21.5 Å². The van der Waals surface area contributed by atoms with E-state index in [1.165, 1.54) is 6.07 Å². The molecule has 0 radical (unpaired) electrons. The number of hydrogen-bond donors (Lipinski definition) is 1. The van der Waals surface area contributed by atoms with Crippen molar-refractivity contribution < 1.29 is 13.6 Å². The van der Waals surface area contributed by atoms with Crippen molar-refractivity contribution in [1.29, 1.82) is 0 Å². The Kier molecular flexibility index (Phi) is 4.18. The molecule has 0 saturated heterocycles. The summed E-state index contributed by atoms with van der Waals surface area (Å²) in [5.41, 5.74) is 2.62. The van der Waals surface area contributed by atoms with Crippen molar-refractivity contribution in [3.05, 3.63) is 63.1 Å². The van der Waals surface area contributed by atoms with Crippen LogP contribution in [-0.2, 0) is 0 Å². The molecule has 0 atom stereocenters. The van der Waals surface area contributed by atoms with Crippen molar-refractivity contribution in [3.63, 3.8) is 0 Å². The van der Waals surface area contributed by atoms with Gasteiger partial charge in [0.25, 0.3) is 5.91 Å². The van der Waals surface area contributed by atoms with Gasteiger partial charge in [-0.15, -0.1) is 0 Å². The maximum Gasteiger partial charge on any atom is 0.255 e. The number of carbonyl (C=O) groups is 1. The third-order valence-corrected chi connectivity index (χ3v) is 3.48. The first kappa shape index (κ1) is 14.7. The molecule has 0 aliphatic rings. The average Bonchev–Trinajstić information content (AvgIpc) is 2.36. The fourth-order valence-electron chi connectivity index (χ4n) is 1.90. The third kappa shape index (κ3) is 3.04. The third-order valence-electron chi connectivity index (χ3n) is 2.85. The maximum absolute atomic E-state index is 13.1. The Morgan fingerprint density at radius 2 is 1.80 bits per heavy atom. The number of halogens is 3. The molecule has 0 aromatic heterocycles. The van der Waals surface area contributed by atoms with Gasteiger partial charge >= 0.3 is 0 Å². The minimum absolute atomic E-state index is 0.0655. The summed E-state index contributed by atoms with van der Waals surface area (Å²) in [6, 6.07) is 6.84. The summed E-state index contributed by atoms with van der Waals surface area (Å²) in [5, 5.41) is 2.69. The zero-order valence-corrected chi connectivity index (χ0v) is 12.5. The minimum atomic E-state index is -1.04. The lowest BCUT2D eigenvalue weighted by Gasteiger charge is -2.12. The lowest BCUT2D eigenvalue weighted by Crippen LogP contribution is -2.14. The molecule has 2 aromatic rings. The summed E-state index contributed by atoms with van der Waals surface area (Å²) in [7, 11) is 0. The highest BCUT2D eigenvalue weighted by molar-refractivity contribution is 9.10. The van der Waals surface area contributed by atoms with Crippen molar-refractivity contribution in [1.82, 2.24) is 0 Å². The predicted molar refractivity (Wildman–Crippen MR) is 77.9 cm³/mol. The lowest BCUT2D eigenvalue weighted by atomic mass is 10.1. The van der Waals surface area contributed by atoms with Crippen LogP contribution in [0.2, 0.25) is 0 Å². The van der Waals surface area contributed by atoms with Crippen LogP contribution in [-0.4, -0.2) is 5.91 Å². The SMILES string of the molecule is Cc1cc(C)c(NC(=O)c2ccc(F)c(F)c2)c(Br)c1. The van der Waals surface area contributed by atoms with Crippen molar-refractivity contribution in [2.45, 2.75) is 13.8 Å². The van der Waals surface area contributed by atoms with E-state index in [9.17, 15) is 13.6 Å². The molecule has 2 rings (SSSR count). The fraction of sp³-hybridized carbons (Fsp3) is 0.133. The Bertz CT molecular complexity index is 663. The van der Waals surface area contributed by atoms with Crippen LogP contribution < -0.4 is 5.32 Å². The van der Waals surface area contributed by atoms with Crippen LogP contribution in [0.25, 0.3) is 0 Å². The molecule has 0 aliphatic heterocycles. The second-order valence-corrected chi connectivity index (χ2v) is 5.38. The van der Waals surface area contributed by atoms with Crippen LogP contribution in [0.15, 0.2) is 34.8 Å². The molecule has 0 heterocycles. The molecule has 0 saturated carbocycles. The minimum Gasteiger partial charge on any atom is -0.321 e. The topological polar surface area (TPSA) is 29.1 Å². The van der Waals surface area contributed by atoms with Gasteiger partial charge in [0.2, 0.25) is 0 Å². The van der Waals surface area contributed by atoms with Gasteiger partial charge in [-0.3, -0.25) is 4.79 Å². The van der Waals surface area contributed by atoms with E-state index in [0.29, 0.717) is 5.69 Å².